The van der Waals surface area contributed by atoms with Gasteiger partial charge in [0.15, 0.2) is 5.82 Å². The first-order chi connectivity index (χ1) is 14.9. The van der Waals surface area contributed by atoms with Crippen LogP contribution in [0, 0.1) is 34.2 Å². The van der Waals surface area contributed by atoms with Crippen LogP contribution in [0.5, 0.6) is 0 Å². The largest absolute Gasteiger partial charge is 0.443 e. The zero-order valence-electron chi connectivity index (χ0n) is 18.3. The Bertz CT molecular complexity index is 1260. The summed E-state index contributed by atoms with van der Waals surface area (Å²) in [6.07, 6.45) is 0.132. The van der Waals surface area contributed by atoms with Gasteiger partial charge in [-0.25, -0.2) is 22.5 Å². The summed E-state index contributed by atoms with van der Waals surface area (Å²) < 4.78 is 49.7. The molecule has 0 unspecified atom stereocenters. The van der Waals surface area contributed by atoms with Crippen molar-refractivity contribution >= 4 is 17.0 Å². The van der Waals surface area contributed by atoms with Crippen LogP contribution in [0.1, 0.15) is 52.0 Å². The first-order valence-electron chi connectivity index (χ1n) is 10.4. The van der Waals surface area contributed by atoms with E-state index in [-0.39, 0.29) is 16.8 Å². The van der Waals surface area contributed by atoms with Crippen molar-refractivity contribution in [1.82, 2.24) is 4.57 Å². The van der Waals surface area contributed by atoms with Gasteiger partial charge in [0, 0.05) is 11.5 Å². The van der Waals surface area contributed by atoms with Crippen molar-refractivity contribution in [3.63, 3.8) is 0 Å². The van der Waals surface area contributed by atoms with Gasteiger partial charge in [-0.1, -0.05) is 0 Å². The third-order valence-electron chi connectivity index (χ3n) is 5.79. The number of rotatable bonds is 2. The summed E-state index contributed by atoms with van der Waals surface area (Å²) in [5.41, 5.74) is -0.168. The molecule has 0 N–H and O–H groups in total. The highest BCUT2D eigenvalue weighted by Gasteiger charge is 2.44. The summed E-state index contributed by atoms with van der Waals surface area (Å²) in [4.78, 5) is 13.3. The van der Waals surface area contributed by atoms with Gasteiger partial charge in [0.1, 0.15) is 17.2 Å². The highest BCUT2D eigenvalue weighted by molar-refractivity contribution is 6.00. The molecule has 1 aliphatic rings. The molecule has 2 aromatic carbocycles. The van der Waals surface area contributed by atoms with Crippen molar-refractivity contribution in [2.45, 2.75) is 52.1 Å². The fourth-order valence-electron chi connectivity index (χ4n) is 4.48. The zero-order chi connectivity index (χ0) is 23.4. The zero-order valence-corrected chi connectivity index (χ0v) is 18.3. The standard InChI is InChI=1S/C25H23F3N2O2/c1-24(2,3)32-23(31)30-21(14-5-7-16(26)8-6-14)20(15-11-25(4,12-15)13-29)18-9-17(27)10-19(28)22(18)30/h5-10,15H,11-12H2,1-4H3. The van der Waals surface area contributed by atoms with Crippen LogP contribution in [-0.2, 0) is 4.74 Å². The Balaban J connectivity index is 2.06. The Morgan fingerprint density at radius 3 is 2.31 bits per heavy atom. The third-order valence-corrected chi connectivity index (χ3v) is 5.79. The summed E-state index contributed by atoms with van der Waals surface area (Å²) >= 11 is 0. The number of ether oxygens (including phenoxy) is 1. The highest BCUT2D eigenvalue weighted by Crippen LogP contribution is 2.55. The molecule has 0 aliphatic heterocycles. The van der Waals surface area contributed by atoms with Crippen molar-refractivity contribution < 1.29 is 22.7 Å². The van der Waals surface area contributed by atoms with Gasteiger partial charge in [0.2, 0.25) is 0 Å². The number of nitrogens with zero attached hydrogens (tertiary/aromatic N) is 2. The second-order valence-corrected chi connectivity index (χ2v) is 9.65. The minimum atomic E-state index is -0.900. The maximum Gasteiger partial charge on any atom is 0.419 e. The van der Waals surface area contributed by atoms with E-state index in [1.165, 1.54) is 30.3 Å². The molecule has 4 rings (SSSR count). The van der Waals surface area contributed by atoms with E-state index in [1.54, 1.807) is 20.8 Å². The van der Waals surface area contributed by atoms with Crippen molar-refractivity contribution in [2.24, 2.45) is 5.41 Å². The Hall–Kier alpha value is -3.27. The molecule has 0 amide bonds. The number of fused-ring (bicyclic) bond motifs is 1. The van der Waals surface area contributed by atoms with Crippen molar-refractivity contribution in [1.29, 1.82) is 5.26 Å². The Morgan fingerprint density at radius 2 is 1.75 bits per heavy atom. The summed E-state index contributed by atoms with van der Waals surface area (Å²) in [6, 6.07) is 9.67. The van der Waals surface area contributed by atoms with Gasteiger partial charge >= 0.3 is 6.09 Å². The Kier molecular flexibility index (Phi) is 5.08. The summed E-state index contributed by atoms with van der Waals surface area (Å²) in [6.45, 7) is 6.90. The highest BCUT2D eigenvalue weighted by atomic mass is 19.1. The lowest BCUT2D eigenvalue weighted by molar-refractivity contribution is 0.0546. The molecule has 1 heterocycles. The molecule has 4 nitrogen and oxygen atoms in total. The van der Waals surface area contributed by atoms with Crippen molar-refractivity contribution in [2.75, 3.05) is 0 Å². The Labute approximate surface area is 184 Å². The lowest BCUT2D eigenvalue weighted by atomic mass is 9.61. The molecule has 1 saturated carbocycles. The predicted octanol–water partition coefficient (Wildman–Crippen LogP) is 6.92. The Morgan fingerprint density at radius 1 is 1.12 bits per heavy atom. The lowest BCUT2D eigenvalue weighted by Gasteiger charge is -2.40. The van der Waals surface area contributed by atoms with Crippen molar-refractivity contribution in [3.8, 4) is 17.3 Å². The number of carbonyl (C=O) groups is 1. The van der Waals surface area contributed by atoms with Gasteiger partial charge in [0.05, 0.1) is 22.7 Å². The average Bonchev–Trinajstić information content (AvgIpc) is 3.00. The van der Waals surface area contributed by atoms with Crippen LogP contribution in [0.25, 0.3) is 22.2 Å². The molecule has 0 spiro atoms. The number of halogens is 3. The number of benzene rings is 2. The summed E-state index contributed by atoms with van der Waals surface area (Å²) in [7, 11) is 0. The van der Waals surface area contributed by atoms with Crippen LogP contribution < -0.4 is 0 Å². The van der Waals surface area contributed by atoms with Gasteiger partial charge in [0.25, 0.3) is 0 Å². The lowest BCUT2D eigenvalue weighted by Crippen LogP contribution is -2.32. The van der Waals surface area contributed by atoms with Gasteiger partial charge in [-0.15, -0.1) is 0 Å². The maximum atomic E-state index is 15.1. The minimum absolute atomic E-state index is 0.0967. The van der Waals surface area contributed by atoms with Crippen LogP contribution >= 0.6 is 0 Å². The SMILES string of the molecule is CC1(C#N)CC(c2c(-c3ccc(F)cc3)n(C(=O)OC(C)(C)C)c3c(F)cc(F)cc23)C1. The van der Waals surface area contributed by atoms with E-state index < -0.39 is 34.6 Å². The maximum absolute atomic E-state index is 15.1. The molecule has 1 aliphatic carbocycles. The van der Waals surface area contributed by atoms with E-state index in [4.69, 9.17) is 4.74 Å². The second-order valence-electron chi connectivity index (χ2n) is 9.65. The number of nitriles is 1. The molecular weight excluding hydrogens is 417 g/mol. The average molecular weight is 440 g/mol. The molecule has 0 radical (unpaired) electrons. The molecule has 3 aromatic rings. The first-order valence-corrected chi connectivity index (χ1v) is 10.4. The normalized spacial score (nSPS) is 20.6. The molecule has 1 fully saturated rings. The third kappa shape index (κ3) is 3.75. The topological polar surface area (TPSA) is 55.0 Å². The minimum Gasteiger partial charge on any atom is -0.443 e. The number of aromatic nitrogens is 1. The fourth-order valence-corrected chi connectivity index (χ4v) is 4.48. The molecule has 0 bridgehead atoms. The number of carbonyl (C=O) groups excluding carboxylic acids is 1. The smallest absolute Gasteiger partial charge is 0.419 e. The molecule has 0 saturated heterocycles. The van der Waals surface area contributed by atoms with Gasteiger partial charge in [-0.05, 0) is 87.9 Å². The number of hydrogen-bond acceptors (Lipinski definition) is 3. The predicted molar refractivity (Wildman–Crippen MR) is 115 cm³/mol. The van der Waals surface area contributed by atoms with E-state index >= 15 is 4.39 Å². The molecule has 166 valence electrons. The monoisotopic (exact) mass is 440 g/mol. The van der Waals surface area contributed by atoms with Crippen LogP contribution in [0.3, 0.4) is 0 Å². The van der Waals surface area contributed by atoms with Crippen LogP contribution in [0.15, 0.2) is 36.4 Å². The fraction of sp³-hybridized carbons (Fsp3) is 0.360. The first kappa shape index (κ1) is 21.9. The van der Waals surface area contributed by atoms with E-state index in [2.05, 4.69) is 6.07 Å². The van der Waals surface area contributed by atoms with Crippen LogP contribution in [-0.4, -0.2) is 16.3 Å². The molecule has 7 heteroatoms. The van der Waals surface area contributed by atoms with E-state index in [1.807, 2.05) is 6.92 Å². The molecular formula is C25H23F3N2O2. The van der Waals surface area contributed by atoms with Crippen LogP contribution in [0.4, 0.5) is 18.0 Å². The van der Waals surface area contributed by atoms with Gasteiger partial charge in [-0.3, -0.25) is 0 Å². The van der Waals surface area contributed by atoms with Gasteiger partial charge < -0.3 is 4.74 Å². The number of hydrogen-bond donors (Lipinski definition) is 0. The quantitative estimate of drug-likeness (QED) is 0.435. The molecule has 0 atom stereocenters. The second kappa shape index (κ2) is 7.40. The van der Waals surface area contributed by atoms with Gasteiger partial charge in [-0.2, -0.15) is 5.26 Å². The van der Waals surface area contributed by atoms with E-state index in [9.17, 15) is 18.8 Å². The summed E-state index contributed by atoms with van der Waals surface area (Å²) in [5.74, 6) is -2.34. The van der Waals surface area contributed by atoms with E-state index in [0.717, 1.165) is 10.6 Å². The molecule has 32 heavy (non-hydrogen) atoms. The van der Waals surface area contributed by atoms with Crippen molar-refractivity contribution in [3.05, 3.63) is 59.4 Å². The molecule has 1 aromatic heterocycles. The summed E-state index contributed by atoms with van der Waals surface area (Å²) in [5, 5.41) is 9.71. The van der Waals surface area contributed by atoms with E-state index in [0.29, 0.717) is 29.7 Å². The van der Waals surface area contributed by atoms with Crippen LogP contribution in [0.2, 0.25) is 0 Å².